The number of hydrogen-bond acceptors (Lipinski definition) is 3. The van der Waals surface area contributed by atoms with Gasteiger partial charge in [0.2, 0.25) is 0 Å². The normalized spacial score (nSPS) is 21.1. The summed E-state index contributed by atoms with van der Waals surface area (Å²) in [5.41, 5.74) is 2.34. The van der Waals surface area contributed by atoms with E-state index in [1.807, 2.05) is 6.07 Å². The van der Waals surface area contributed by atoms with Crippen LogP contribution in [-0.4, -0.2) is 18.9 Å². The Labute approximate surface area is 117 Å². The summed E-state index contributed by atoms with van der Waals surface area (Å²) in [4.78, 5) is 12.5. The van der Waals surface area contributed by atoms with Crippen molar-refractivity contribution in [3.05, 3.63) is 52.6 Å². The smallest absolute Gasteiger partial charge is 0.188 e. The minimum Gasteiger partial charge on any atom is -0.370 e. The van der Waals surface area contributed by atoms with Gasteiger partial charge in [0.05, 0.1) is 0 Å². The van der Waals surface area contributed by atoms with Crippen molar-refractivity contribution in [2.45, 2.75) is 19.3 Å². The highest BCUT2D eigenvalue weighted by atomic mass is 19.1. The molecule has 104 valence electrons. The lowest BCUT2D eigenvalue weighted by atomic mass is 9.87. The Hall–Kier alpha value is -2.10. The fourth-order valence-electron chi connectivity index (χ4n) is 2.70. The second-order valence-corrected chi connectivity index (χ2v) is 5.11. The highest BCUT2D eigenvalue weighted by Gasteiger charge is 2.25. The second-order valence-electron chi connectivity index (χ2n) is 5.11. The molecule has 1 aromatic rings. The Morgan fingerprint density at radius 1 is 1.15 bits per heavy atom. The molecule has 2 aliphatic rings. The summed E-state index contributed by atoms with van der Waals surface area (Å²) in [6.45, 7) is 1.71. The van der Waals surface area contributed by atoms with E-state index in [9.17, 15) is 9.18 Å². The fraction of sp³-hybridized carbons (Fsp3) is 0.312. The maximum Gasteiger partial charge on any atom is 0.188 e. The molecule has 0 unspecified atom stereocenters. The molecule has 0 aromatic heterocycles. The molecule has 2 fully saturated rings. The molecule has 1 aromatic carbocycles. The molecular weight excluding hydrogens is 255 g/mol. The molecule has 0 spiro atoms. The van der Waals surface area contributed by atoms with E-state index in [1.165, 1.54) is 12.1 Å². The van der Waals surface area contributed by atoms with Crippen LogP contribution in [0, 0.1) is 5.82 Å². The highest BCUT2D eigenvalue weighted by molar-refractivity contribution is 6.12. The number of hydrogen-bond donors (Lipinski definition) is 2. The van der Waals surface area contributed by atoms with Gasteiger partial charge in [-0.15, -0.1) is 0 Å². The van der Waals surface area contributed by atoms with Crippen molar-refractivity contribution in [2.24, 2.45) is 0 Å². The molecule has 3 nitrogen and oxygen atoms in total. The number of allylic oxidation sites excluding steroid dienone is 2. The zero-order valence-corrected chi connectivity index (χ0v) is 11.2. The van der Waals surface area contributed by atoms with E-state index >= 15 is 0 Å². The minimum atomic E-state index is -0.277. The number of benzene rings is 1. The summed E-state index contributed by atoms with van der Waals surface area (Å²) in [5, 5.41) is 6.42. The molecule has 1 saturated heterocycles. The molecule has 1 saturated carbocycles. The molecule has 1 heterocycles. The first-order chi connectivity index (χ1) is 9.74. The number of rotatable bonds is 1. The standard InChI is InChI=1S/C16H17FN2O/c17-13-5-1-3-11(10-13)9-12-4-2-6-14(15(12)20)16-18-7-8-19-16/h1,3,5,9-10,18-19H,2,4,6-8H2/b12-9+. The number of Topliss-reactive ketones (excluding diaryl/α,β-unsaturated/α-hetero) is 1. The van der Waals surface area contributed by atoms with Crippen LogP contribution in [-0.2, 0) is 4.79 Å². The molecule has 1 aliphatic heterocycles. The van der Waals surface area contributed by atoms with E-state index in [0.717, 1.165) is 54.9 Å². The highest BCUT2D eigenvalue weighted by Crippen LogP contribution is 2.28. The largest absolute Gasteiger partial charge is 0.370 e. The van der Waals surface area contributed by atoms with Gasteiger partial charge in [-0.3, -0.25) is 4.79 Å². The van der Waals surface area contributed by atoms with Gasteiger partial charge in [-0.25, -0.2) is 4.39 Å². The van der Waals surface area contributed by atoms with Crippen LogP contribution in [0.3, 0.4) is 0 Å². The molecule has 20 heavy (non-hydrogen) atoms. The Balaban J connectivity index is 1.90. The first kappa shape index (κ1) is 12.9. The Morgan fingerprint density at radius 2 is 1.95 bits per heavy atom. The van der Waals surface area contributed by atoms with Gasteiger partial charge in [-0.05, 0) is 43.0 Å². The third kappa shape index (κ3) is 2.59. The van der Waals surface area contributed by atoms with Crippen LogP contribution >= 0.6 is 0 Å². The molecule has 3 rings (SSSR count). The monoisotopic (exact) mass is 272 g/mol. The topological polar surface area (TPSA) is 41.1 Å². The van der Waals surface area contributed by atoms with Crippen molar-refractivity contribution in [1.82, 2.24) is 10.6 Å². The number of carbonyl (C=O) groups excluding carboxylic acids is 1. The van der Waals surface area contributed by atoms with Crippen LogP contribution in [0.4, 0.5) is 4.39 Å². The van der Waals surface area contributed by atoms with Gasteiger partial charge < -0.3 is 10.6 Å². The van der Waals surface area contributed by atoms with Crippen molar-refractivity contribution < 1.29 is 9.18 Å². The molecule has 0 radical (unpaired) electrons. The van der Waals surface area contributed by atoms with Gasteiger partial charge in [0, 0.05) is 24.2 Å². The Morgan fingerprint density at radius 3 is 2.70 bits per heavy atom. The van der Waals surface area contributed by atoms with Crippen LogP contribution in [0.5, 0.6) is 0 Å². The lowest BCUT2D eigenvalue weighted by molar-refractivity contribution is -0.113. The van der Waals surface area contributed by atoms with E-state index in [-0.39, 0.29) is 11.6 Å². The van der Waals surface area contributed by atoms with Crippen LogP contribution in [0.2, 0.25) is 0 Å². The molecule has 2 N–H and O–H groups in total. The summed E-state index contributed by atoms with van der Waals surface area (Å²) in [6, 6.07) is 6.34. The number of halogens is 1. The van der Waals surface area contributed by atoms with Crippen LogP contribution in [0.15, 0.2) is 41.2 Å². The van der Waals surface area contributed by atoms with Crippen molar-refractivity contribution >= 4 is 11.9 Å². The molecular formula is C16H17FN2O. The summed E-state index contributed by atoms with van der Waals surface area (Å²) in [5.74, 6) is 0.678. The van der Waals surface area contributed by atoms with Gasteiger partial charge in [-0.2, -0.15) is 0 Å². The maximum atomic E-state index is 13.2. The van der Waals surface area contributed by atoms with E-state index in [1.54, 1.807) is 12.1 Å². The summed E-state index contributed by atoms with van der Waals surface area (Å²) < 4.78 is 13.2. The molecule has 0 bridgehead atoms. The fourth-order valence-corrected chi connectivity index (χ4v) is 2.70. The zero-order valence-electron chi connectivity index (χ0n) is 11.2. The lowest BCUT2D eigenvalue weighted by Crippen LogP contribution is -2.22. The molecule has 1 aliphatic carbocycles. The predicted octanol–water partition coefficient (Wildman–Crippen LogP) is 2.37. The van der Waals surface area contributed by atoms with E-state index in [0.29, 0.717) is 0 Å². The van der Waals surface area contributed by atoms with Gasteiger partial charge in [0.1, 0.15) is 11.6 Å². The van der Waals surface area contributed by atoms with Gasteiger partial charge in [0.15, 0.2) is 5.78 Å². The first-order valence-electron chi connectivity index (χ1n) is 6.96. The average Bonchev–Trinajstić information content (AvgIpc) is 2.95. The van der Waals surface area contributed by atoms with E-state index < -0.39 is 0 Å². The van der Waals surface area contributed by atoms with E-state index in [4.69, 9.17) is 0 Å². The zero-order chi connectivity index (χ0) is 13.9. The van der Waals surface area contributed by atoms with Gasteiger partial charge in [-0.1, -0.05) is 12.1 Å². The van der Waals surface area contributed by atoms with E-state index in [2.05, 4.69) is 10.6 Å². The lowest BCUT2D eigenvalue weighted by Gasteiger charge is -2.18. The molecule has 0 amide bonds. The molecule has 0 atom stereocenters. The van der Waals surface area contributed by atoms with Gasteiger partial charge in [0.25, 0.3) is 0 Å². The third-order valence-electron chi connectivity index (χ3n) is 3.66. The summed E-state index contributed by atoms with van der Waals surface area (Å²) >= 11 is 0. The van der Waals surface area contributed by atoms with Crippen LogP contribution in [0.1, 0.15) is 24.8 Å². The quantitative estimate of drug-likeness (QED) is 0.771. The second kappa shape index (κ2) is 5.49. The van der Waals surface area contributed by atoms with Crippen molar-refractivity contribution in [1.29, 1.82) is 0 Å². The number of ketones is 1. The number of carbonyl (C=O) groups is 1. The molecule has 4 heteroatoms. The maximum absolute atomic E-state index is 13.2. The van der Waals surface area contributed by atoms with Crippen molar-refractivity contribution in [3.63, 3.8) is 0 Å². The minimum absolute atomic E-state index is 0.0809. The average molecular weight is 272 g/mol. The van der Waals surface area contributed by atoms with Gasteiger partial charge >= 0.3 is 0 Å². The Kier molecular flexibility index (Phi) is 3.54. The first-order valence-corrected chi connectivity index (χ1v) is 6.96. The number of nitrogens with one attached hydrogen (secondary N) is 2. The summed E-state index contributed by atoms with van der Waals surface area (Å²) in [7, 11) is 0. The summed E-state index contributed by atoms with van der Waals surface area (Å²) in [6.07, 6.45) is 4.32. The van der Waals surface area contributed by atoms with Crippen molar-refractivity contribution in [3.8, 4) is 0 Å². The van der Waals surface area contributed by atoms with Crippen LogP contribution < -0.4 is 10.6 Å². The SMILES string of the molecule is O=C1C(=C2NCCN2)CCC/C1=C\c1cccc(F)c1. The Bertz CT molecular complexity index is 596. The van der Waals surface area contributed by atoms with Crippen molar-refractivity contribution in [2.75, 3.05) is 13.1 Å². The third-order valence-corrected chi connectivity index (χ3v) is 3.66. The van der Waals surface area contributed by atoms with Crippen LogP contribution in [0.25, 0.3) is 6.08 Å². The predicted molar refractivity (Wildman–Crippen MR) is 76.3 cm³/mol.